The Morgan fingerprint density at radius 2 is 1.76 bits per heavy atom. The smallest absolute Gasteiger partial charge is 0.418 e. The average molecular weight is 467 g/mol. The first-order chi connectivity index (χ1) is 15.5. The fourth-order valence-electron chi connectivity index (χ4n) is 3.14. The number of hydrogen-bond donors (Lipinski definition) is 0. The summed E-state index contributed by atoms with van der Waals surface area (Å²) in [5.41, 5.74) is -1.94. The summed E-state index contributed by atoms with van der Waals surface area (Å²) in [6, 6.07) is 11.2. The van der Waals surface area contributed by atoms with E-state index in [-0.39, 0.29) is 23.7 Å². The van der Waals surface area contributed by atoms with E-state index in [2.05, 4.69) is 9.84 Å². The molecule has 0 N–H and O–H groups in total. The lowest BCUT2D eigenvalue weighted by molar-refractivity contribution is -0.137. The van der Waals surface area contributed by atoms with E-state index < -0.39 is 35.4 Å². The molecule has 1 aromatic heterocycles. The predicted molar refractivity (Wildman–Crippen MR) is 108 cm³/mol. The van der Waals surface area contributed by atoms with Crippen molar-refractivity contribution < 1.29 is 31.5 Å². The predicted octanol–water partition coefficient (Wildman–Crippen LogP) is 4.43. The molecule has 11 heteroatoms. The molecule has 174 valence electrons. The van der Waals surface area contributed by atoms with E-state index in [1.807, 2.05) is 0 Å². The minimum atomic E-state index is -4.67. The molecule has 0 spiro atoms. The maximum atomic E-state index is 13.4. The molecule has 0 radical (unpaired) electrons. The Morgan fingerprint density at radius 3 is 2.36 bits per heavy atom. The number of para-hydroxylation sites is 1. The second kappa shape index (κ2) is 9.39. The van der Waals surface area contributed by atoms with Crippen LogP contribution in [0.4, 0.5) is 22.0 Å². The number of aryl methyl sites for hydroxylation is 1. The van der Waals surface area contributed by atoms with Crippen LogP contribution in [0.25, 0.3) is 5.69 Å². The number of nitrogens with zero attached hydrogens (tertiary/aromatic N) is 3. The Morgan fingerprint density at radius 1 is 1.12 bits per heavy atom. The number of carbonyl (C=O) groups is 1. The van der Waals surface area contributed by atoms with Gasteiger partial charge in [0.05, 0.1) is 11.3 Å². The van der Waals surface area contributed by atoms with E-state index in [1.165, 1.54) is 56.4 Å². The first-order valence-corrected chi connectivity index (χ1v) is 9.54. The largest absolute Gasteiger partial charge is 0.435 e. The Labute approximate surface area is 184 Å². The van der Waals surface area contributed by atoms with Crippen molar-refractivity contribution in [1.82, 2.24) is 14.7 Å². The normalized spacial score (nSPS) is 11.5. The molecule has 0 aliphatic heterocycles. The topological polar surface area (TPSA) is 64.4 Å². The molecule has 0 atom stereocenters. The van der Waals surface area contributed by atoms with Crippen LogP contribution in [0.2, 0.25) is 0 Å². The molecular weight excluding hydrogens is 449 g/mol. The molecular formula is C22H18F5N3O3. The summed E-state index contributed by atoms with van der Waals surface area (Å²) in [7, 11) is 1.38. The molecule has 1 amide bonds. The van der Waals surface area contributed by atoms with Gasteiger partial charge in [0.1, 0.15) is 5.75 Å². The Kier molecular flexibility index (Phi) is 6.80. The van der Waals surface area contributed by atoms with E-state index in [1.54, 1.807) is 0 Å². The third-order valence-corrected chi connectivity index (χ3v) is 4.66. The second-order valence-electron chi connectivity index (χ2n) is 7.11. The number of rotatable bonds is 6. The highest BCUT2D eigenvalue weighted by atomic mass is 19.4. The van der Waals surface area contributed by atoms with Gasteiger partial charge in [-0.15, -0.1) is 0 Å². The molecule has 33 heavy (non-hydrogen) atoms. The number of carbonyl (C=O) groups excluding carboxylic acids is 1. The SMILES string of the molecule is Cc1cc(=O)c(C(=O)N(C)Cc2ccc(OC(F)F)cc2)nn1-c1ccccc1C(F)(F)F. The summed E-state index contributed by atoms with van der Waals surface area (Å²) in [4.78, 5) is 26.4. The zero-order chi connectivity index (χ0) is 24.3. The van der Waals surface area contributed by atoms with Gasteiger partial charge < -0.3 is 9.64 Å². The summed E-state index contributed by atoms with van der Waals surface area (Å²) in [5, 5.41) is 3.94. The van der Waals surface area contributed by atoms with Crippen molar-refractivity contribution in [3.05, 3.63) is 87.3 Å². The number of ether oxygens (including phenoxy) is 1. The summed E-state index contributed by atoms with van der Waals surface area (Å²) in [5.74, 6) is -0.875. The third kappa shape index (κ3) is 5.54. The van der Waals surface area contributed by atoms with Gasteiger partial charge in [-0.05, 0) is 36.8 Å². The molecule has 0 unspecified atom stereocenters. The van der Waals surface area contributed by atoms with Crippen molar-refractivity contribution >= 4 is 5.91 Å². The minimum Gasteiger partial charge on any atom is -0.435 e. The minimum absolute atomic E-state index is 0.0120. The van der Waals surface area contributed by atoms with Gasteiger partial charge in [-0.1, -0.05) is 24.3 Å². The zero-order valence-corrected chi connectivity index (χ0v) is 17.4. The maximum Gasteiger partial charge on any atom is 0.418 e. The summed E-state index contributed by atoms with van der Waals surface area (Å²) >= 11 is 0. The number of benzene rings is 2. The number of aromatic nitrogens is 2. The number of alkyl halides is 5. The van der Waals surface area contributed by atoms with E-state index in [0.717, 1.165) is 21.7 Å². The quantitative estimate of drug-likeness (QED) is 0.503. The molecule has 1 heterocycles. The van der Waals surface area contributed by atoms with E-state index in [9.17, 15) is 31.5 Å². The summed E-state index contributed by atoms with van der Waals surface area (Å²) < 4.78 is 70.0. The van der Waals surface area contributed by atoms with Crippen molar-refractivity contribution in [3.8, 4) is 11.4 Å². The van der Waals surface area contributed by atoms with Gasteiger partial charge in [-0.25, -0.2) is 4.68 Å². The van der Waals surface area contributed by atoms with Crippen LogP contribution in [0.5, 0.6) is 5.75 Å². The number of amides is 1. The molecule has 0 aliphatic carbocycles. The van der Waals surface area contributed by atoms with Gasteiger partial charge in [0.15, 0.2) is 5.69 Å². The Balaban J connectivity index is 1.91. The fourth-order valence-corrected chi connectivity index (χ4v) is 3.14. The summed E-state index contributed by atoms with van der Waals surface area (Å²) in [6.07, 6.45) is -4.67. The van der Waals surface area contributed by atoms with Crippen molar-refractivity contribution in [1.29, 1.82) is 0 Å². The van der Waals surface area contributed by atoms with E-state index >= 15 is 0 Å². The molecule has 0 aliphatic rings. The molecule has 0 bridgehead atoms. The molecule has 0 fully saturated rings. The van der Waals surface area contributed by atoms with Crippen LogP contribution < -0.4 is 10.2 Å². The van der Waals surface area contributed by atoms with Gasteiger partial charge in [0, 0.05) is 25.4 Å². The van der Waals surface area contributed by atoms with Crippen LogP contribution in [0.1, 0.15) is 27.3 Å². The average Bonchev–Trinajstić information content (AvgIpc) is 2.74. The molecule has 0 saturated heterocycles. The Hall–Kier alpha value is -3.76. The monoisotopic (exact) mass is 467 g/mol. The van der Waals surface area contributed by atoms with Gasteiger partial charge >= 0.3 is 12.8 Å². The molecule has 2 aromatic carbocycles. The fraction of sp³-hybridized carbons (Fsp3) is 0.227. The zero-order valence-electron chi connectivity index (χ0n) is 17.4. The number of halogens is 5. The van der Waals surface area contributed by atoms with Crippen LogP contribution in [-0.2, 0) is 12.7 Å². The van der Waals surface area contributed by atoms with Crippen molar-refractivity contribution in [2.24, 2.45) is 0 Å². The van der Waals surface area contributed by atoms with Crippen LogP contribution >= 0.6 is 0 Å². The first kappa shape index (κ1) is 23.9. The highest BCUT2D eigenvalue weighted by Gasteiger charge is 2.34. The van der Waals surface area contributed by atoms with Crippen LogP contribution in [0.3, 0.4) is 0 Å². The lowest BCUT2D eigenvalue weighted by atomic mass is 10.1. The van der Waals surface area contributed by atoms with Gasteiger partial charge in [0.25, 0.3) is 5.91 Å². The van der Waals surface area contributed by atoms with Gasteiger partial charge in [-0.2, -0.15) is 27.1 Å². The lowest BCUT2D eigenvalue weighted by Crippen LogP contribution is -2.33. The van der Waals surface area contributed by atoms with Crippen LogP contribution in [0, 0.1) is 6.92 Å². The van der Waals surface area contributed by atoms with Crippen molar-refractivity contribution in [2.75, 3.05) is 7.05 Å². The second-order valence-corrected chi connectivity index (χ2v) is 7.11. The number of hydrogen-bond acceptors (Lipinski definition) is 4. The van der Waals surface area contributed by atoms with Gasteiger partial charge in [0.2, 0.25) is 5.43 Å². The highest BCUT2D eigenvalue weighted by molar-refractivity contribution is 5.91. The van der Waals surface area contributed by atoms with E-state index in [4.69, 9.17) is 0 Å². The maximum absolute atomic E-state index is 13.4. The Bertz CT molecular complexity index is 1210. The summed E-state index contributed by atoms with van der Waals surface area (Å²) in [6.45, 7) is -1.58. The first-order valence-electron chi connectivity index (χ1n) is 9.54. The van der Waals surface area contributed by atoms with Gasteiger partial charge in [-0.3, -0.25) is 9.59 Å². The van der Waals surface area contributed by atoms with Crippen LogP contribution in [0.15, 0.2) is 59.4 Å². The molecule has 3 aromatic rings. The van der Waals surface area contributed by atoms with E-state index in [0.29, 0.717) is 5.56 Å². The lowest BCUT2D eigenvalue weighted by Gasteiger charge is -2.19. The molecule has 6 nitrogen and oxygen atoms in total. The standard InChI is InChI=1S/C22H18F5N3O3/c1-13-11-18(31)19(28-30(13)17-6-4-3-5-16(17)22(25,26)27)20(32)29(2)12-14-7-9-15(10-8-14)33-21(23)24/h3-11,21H,12H2,1-2H3. The van der Waals surface area contributed by atoms with Crippen molar-refractivity contribution in [3.63, 3.8) is 0 Å². The molecule has 3 rings (SSSR count). The van der Waals surface area contributed by atoms with Crippen LogP contribution in [-0.4, -0.2) is 34.2 Å². The van der Waals surface area contributed by atoms with Crippen molar-refractivity contribution in [2.45, 2.75) is 26.3 Å². The highest BCUT2D eigenvalue weighted by Crippen LogP contribution is 2.33. The molecule has 0 saturated carbocycles. The third-order valence-electron chi connectivity index (χ3n) is 4.66.